The van der Waals surface area contributed by atoms with E-state index in [1.165, 1.54) is 0 Å². The summed E-state index contributed by atoms with van der Waals surface area (Å²) >= 11 is 0. The third kappa shape index (κ3) is 16.5. The molecule has 0 aromatic carbocycles. The summed E-state index contributed by atoms with van der Waals surface area (Å²) in [5, 5.41) is 0. The normalized spacial score (nSPS) is 12.5. The fourth-order valence-electron chi connectivity index (χ4n) is 2.52. The lowest BCUT2D eigenvalue weighted by Crippen LogP contribution is -2.24. The minimum absolute atomic E-state index is 0.0546. The van der Waals surface area contributed by atoms with Crippen molar-refractivity contribution in [1.29, 1.82) is 0 Å². The molecule has 0 spiro atoms. The number of unbranched alkanes of at least 4 members (excludes halogenated alkanes) is 4. The SMILES string of the molecule is CC(=O)CCCCCC/C=C/CC(CC(=O)OCC(C)C)C(=O)OCC(C)C. The van der Waals surface area contributed by atoms with Gasteiger partial charge >= 0.3 is 11.9 Å². The van der Waals surface area contributed by atoms with Crippen LogP contribution in [0.2, 0.25) is 0 Å². The molecule has 0 amide bonds. The molecule has 0 radical (unpaired) electrons. The number of rotatable bonds is 16. The molecule has 0 heterocycles. The number of carbonyl (C=O) groups is 3. The molecule has 0 N–H and O–H groups in total. The van der Waals surface area contributed by atoms with E-state index in [0.717, 1.165) is 32.1 Å². The molecule has 0 aliphatic rings. The van der Waals surface area contributed by atoms with Gasteiger partial charge < -0.3 is 14.3 Å². The Kier molecular flexibility index (Phi) is 15.4. The molecule has 5 heteroatoms. The maximum Gasteiger partial charge on any atom is 0.309 e. The van der Waals surface area contributed by atoms with E-state index in [9.17, 15) is 14.4 Å². The Labute approximate surface area is 171 Å². The molecule has 0 aliphatic carbocycles. The van der Waals surface area contributed by atoms with Gasteiger partial charge in [0.05, 0.1) is 25.6 Å². The first-order valence-corrected chi connectivity index (χ1v) is 10.7. The monoisotopic (exact) mass is 396 g/mol. The van der Waals surface area contributed by atoms with Crippen molar-refractivity contribution in [2.24, 2.45) is 17.8 Å². The Balaban J connectivity index is 4.33. The molecule has 0 saturated carbocycles. The van der Waals surface area contributed by atoms with Gasteiger partial charge in [-0.25, -0.2) is 0 Å². The van der Waals surface area contributed by atoms with Crippen molar-refractivity contribution in [2.45, 2.75) is 86.0 Å². The lowest BCUT2D eigenvalue weighted by atomic mass is 10.0. The van der Waals surface area contributed by atoms with Crippen LogP contribution in [-0.4, -0.2) is 30.9 Å². The minimum atomic E-state index is -0.495. The molecule has 0 fully saturated rings. The minimum Gasteiger partial charge on any atom is -0.465 e. The molecular weight excluding hydrogens is 356 g/mol. The average molecular weight is 397 g/mol. The number of hydrogen-bond acceptors (Lipinski definition) is 5. The molecule has 28 heavy (non-hydrogen) atoms. The highest BCUT2D eigenvalue weighted by Gasteiger charge is 2.23. The first-order valence-electron chi connectivity index (χ1n) is 10.7. The van der Waals surface area contributed by atoms with Gasteiger partial charge in [0.25, 0.3) is 0 Å². The van der Waals surface area contributed by atoms with Gasteiger partial charge in [-0.15, -0.1) is 0 Å². The number of allylic oxidation sites excluding steroid dienone is 2. The fourth-order valence-corrected chi connectivity index (χ4v) is 2.52. The van der Waals surface area contributed by atoms with Crippen LogP contribution in [0.4, 0.5) is 0 Å². The quantitative estimate of drug-likeness (QED) is 0.202. The standard InChI is InChI=1S/C23H40O5/c1-18(2)16-27-22(25)15-21(23(26)28-17-19(3)4)14-12-10-8-6-7-9-11-13-20(5)24/h10,12,18-19,21H,6-9,11,13-17H2,1-5H3/b12-10+. The zero-order chi connectivity index (χ0) is 21.4. The first kappa shape index (κ1) is 26.4. The second kappa shape index (κ2) is 16.3. The van der Waals surface area contributed by atoms with Gasteiger partial charge in [0.1, 0.15) is 5.78 Å². The summed E-state index contributed by atoms with van der Waals surface area (Å²) < 4.78 is 10.5. The van der Waals surface area contributed by atoms with Crippen molar-refractivity contribution in [3.63, 3.8) is 0 Å². The molecule has 162 valence electrons. The predicted octanol–water partition coefficient (Wildman–Crippen LogP) is 5.27. The van der Waals surface area contributed by atoms with E-state index in [2.05, 4.69) is 6.08 Å². The molecule has 1 atom stereocenters. The van der Waals surface area contributed by atoms with Crippen molar-refractivity contribution >= 4 is 17.7 Å². The molecule has 5 nitrogen and oxygen atoms in total. The summed E-state index contributed by atoms with van der Waals surface area (Å²) in [7, 11) is 0. The van der Waals surface area contributed by atoms with Crippen LogP contribution in [0, 0.1) is 17.8 Å². The fraction of sp³-hybridized carbons (Fsp3) is 0.783. The lowest BCUT2D eigenvalue weighted by molar-refractivity contribution is -0.156. The van der Waals surface area contributed by atoms with Crippen LogP contribution in [0.25, 0.3) is 0 Å². The van der Waals surface area contributed by atoms with Gasteiger partial charge in [-0.3, -0.25) is 9.59 Å². The Morgan fingerprint density at radius 2 is 1.43 bits per heavy atom. The van der Waals surface area contributed by atoms with Crippen molar-refractivity contribution in [3.8, 4) is 0 Å². The number of ketones is 1. The molecule has 0 aromatic rings. The van der Waals surface area contributed by atoms with Crippen molar-refractivity contribution < 1.29 is 23.9 Å². The summed E-state index contributed by atoms with van der Waals surface area (Å²) in [5.41, 5.74) is 0. The summed E-state index contributed by atoms with van der Waals surface area (Å²) in [5.74, 6) is -0.391. The second-order valence-corrected chi connectivity index (χ2v) is 8.36. The number of carbonyl (C=O) groups excluding carboxylic acids is 3. The van der Waals surface area contributed by atoms with E-state index in [1.807, 2.05) is 33.8 Å². The van der Waals surface area contributed by atoms with Crippen LogP contribution in [0.5, 0.6) is 0 Å². The van der Waals surface area contributed by atoms with E-state index in [4.69, 9.17) is 9.47 Å². The van der Waals surface area contributed by atoms with Crippen molar-refractivity contribution in [2.75, 3.05) is 13.2 Å². The van der Waals surface area contributed by atoms with Gasteiger partial charge in [-0.05, 0) is 44.4 Å². The topological polar surface area (TPSA) is 69.7 Å². The summed E-state index contributed by atoms with van der Waals surface area (Å²) in [6, 6.07) is 0. The number of Topliss-reactive ketones (excluding diaryl/α,β-unsaturated/α-hetero) is 1. The molecule has 0 aromatic heterocycles. The predicted molar refractivity (Wildman–Crippen MR) is 112 cm³/mol. The summed E-state index contributed by atoms with van der Waals surface area (Å²) in [6.45, 7) is 10.3. The van der Waals surface area contributed by atoms with Gasteiger partial charge in [-0.2, -0.15) is 0 Å². The van der Waals surface area contributed by atoms with Crippen LogP contribution < -0.4 is 0 Å². The van der Waals surface area contributed by atoms with E-state index >= 15 is 0 Å². The lowest BCUT2D eigenvalue weighted by Gasteiger charge is -2.15. The number of ether oxygens (including phenoxy) is 2. The third-order valence-corrected chi connectivity index (χ3v) is 4.12. The van der Waals surface area contributed by atoms with Crippen LogP contribution >= 0.6 is 0 Å². The highest BCUT2D eigenvalue weighted by atomic mass is 16.5. The Bertz CT molecular complexity index is 479. The van der Waals surface area contributed by atoms with Crippen molar-refractivity contribution in [1.82, 2.24) is 0 Å². The number of hydrogen-bond donors (Lipinski definition) is 0. The van der Waals surface area contributed by atoms with E-state index in [1.54, 1.807) is 6.92 Å². The maximum absolute atomic E-state index is 12.3. The second-order valence-electron chi connectivity index (χ2n) is 8.36. The number of esters is 2. The van der Waals surface area contributed by atoms with Crippen LogP contribution in [0.3, 0.4) is 0 Å². The van der Waals surface area contributed by atoms with Crippen LogP contribution in [-0.2, 0) is 23.9 Å². The van der Waals surface area contributed by atoms with Gasteiger partial charge in [0.15, 0.2) is 0 Å². The first-order chi connectivity index (χ1) is 13.2. The largest absolute Gasteiger partial charge is 0.465 e. The van der Waals surface area contributed by atoms with Crippen molar-refractivity contribution in [3.05, 3.63) is 12.2 Å². The highest BCUT2D eigenvalue weighted by molar-refractivity contribution is 5.80. The third-order valence-electron chi connectivity index (χ3n) is 4.12. The summed E-state index contributed by atoms with van der Waals surface area (Å²) in [4.78, 5) is 35.2. The Morgan fingerprint density at radius 3 is 2.04 bits per heavy atom. The van der Waals surface area contributed by atoms with E-state index in [-0.39, 0.29) is 36.0 Å². The molecule has 0 aliphatic heterocycles. The Hall–Kier alpha value is -1.65. The van der Waals surface area contributed by atoms with Crippen LogP contribution in [0.1, 0.15) is 86.0 Å². The van der Waals surface area contributed by atoms with E-state index < -0.39 is 5.92 Å². The molecule has 0 rings (SSSR count). The maximum atomic E-state index is 12.3. The van der Waals surface area contributed by atoms with Gasteiger partial charge in [0.2, 0.25) is 0 Å². The smallest absolute Gasteiger partial charge is 0.309 e. The van der Waals surface area contributed by atoms with Gasteiger partial charge in [-0.1, -0.05) is 52.7 Å². The Morgan fingerprint density at radius 1 is 0.821 bits per heavy atom. The highest BCUT2D eigenvalue weighted by Crippen LogP contribution is 2.15. The average Bonchev–Trinajstić information content (AvgIpc) is 2.61. The summed E-state index contributed by atoms with van der Waals surface area (Å²) in [6.07, 6.45) is 10.4. The van der Waals surface area contributed by atoms with Crippen LogP contribution in [0.15, 0.2) is 12.2 Å². The zero-order valence-corrected chi connectivity index (χ0v) is 18.5. The molecule has 0 saturated heterocycles. The van der Waals surface area contributed by atoms with Gasteiger partial charge in [0, 0.05) is 6.42 Å². The van der Waals surface area contributed by atoms with E-state index in [0.29, 0.717) is 26.1 Å². The molecular formula is C23H40O5. The zero-order valence-electron chi connectivity index (χ0n) is 18.5. The molecule has 1 unspecified atom stereocenters. The molecule has 0 bridgehead atoms.